The molecule has 434 valence electrons. The van der Waals surface area contributed by atoms with Crippen molar-refractivity contribution < 1.29 is 71.9 Å². The Kier molecular flexibility index (Phi) is 17.4. The molecule has 25 heteroatoms. The maximum Gasteiger partial charge on any atom is 0.510 e. The molecule has 1 fully saturated rings. The van der Waals surface area contributed by atoms with E-state index in [0.717, 1.165) is 59.5 Å². The Balaban J connectivity index is 0.838. The lowest BCUT2D eigenvalue weighted by Crippen LogP contribution is -2.55. The maximum absolute atomic E-state index is 14.5. The van der Waals surface area contributed by atoms with Gasteiger partial charge < -0.3 is 64.8 Å². The van der Waals surface area contributed by atoms with E-state index in [-0.39, 0.29) is 87.6 Å². The second-order valence-corrected chi connectivity index (χ2v) is 21.4. The minimum absolute atomic E-state index is 0.0743. The summed E-state index contributed by atoms with van der Waals surface area (Å²) >= 11 is 0. The van der Waals surface area contributed by atoms with Gasteiger partial charge in [-0.1, -0.05) is 32.9 Å². The number of piperidine rings is 1. The highest BCUT2D eigenvalue weighted by Gasteiger charge is 2.51. The second-order valence-electron chi connectivity index (χ2n) is 21.4. The molecule has 4 aromatic rings. The van der Waals surface area contributed by atoms with E-state index in [0.29, 0.717) is 40.5 Å². The highest BCUT2D eigenvalue weighted by atomic mass is 16.7. The number of rotatable bonds is 22. The molecule has 0 saturated carbocycles. The third-order valence-corrected chi connectivity index (χ3v) is 15.2. The average molecular weight is 1130 g/mol. The monoisotopic (exact) mass is 1130 g/mol. The fourth-order valence-electron chi connectivity index (χ4n) is 10.6. The molecule has 2 aromatic heterocycles. The minimum atomic E-state index is -2.07. The van der Waals surface area contributed by atoms with Crippen molar-refractivity contribution in [2.75, 3.05) is 38.8 Å². The van der Waals surface area contributed by atoms with Crippen molar-refractivity contribution in [2.45, 2.75) is 129 Å². The molecule has 6 N–H and O–H groups in total. The van der Waals surface area contributed by atoms with Crippen LogP contribution in [0.4, 0.5) is 10.5 Å². The molecule has 0 aliphatic carbocycles. The van der Waals surface area contributed by atoms with Gasteiger partial charge in [0.25, 0.3) is 17.4 Å². The van der Waals surface area contributed by atoms with Crippen LogP contribution in [0.2, 0.25) is 0 Å². The summed E-state index contributed by atoms with van der Waals surface area (Å²) in [5.74, 6) is -5.14. The van der Waals surface area contributed by atoms with Gasteiger partial charge in [-0.2, -0.15) is 0 Å². The normalized spacial score (nSPS) is 18.3. The van der Waals surface area contributed by atoms with Gasteiger partial charge in [-0.05, 0) is 100 Å². The van der Waals surface area contributed by atoms with Crippen molar-refractivity contribution in [3.05, 3.63) is 92.8 Å². The van der Waals surface area contributed by atoms with Crippen LogP contribution >= 0.6 is 0 Å². The van der Waals surface area contributed by atoms with E-state index in [1.54, 1.807) is 17.6 Å². The maximum atomic E-state index is 14.5. The van der Waals surface area contributed by atoms with Gasteiger partial charge >= 0.3 is 18.1 Å². The lowest BCUT2D eigenvalue weighted by Gasteiger charge is -2.35. The Bertz CT molecular complexity index is 3320. The lowest BCUT2D eigenvalue weighted by molar-refractivity contribution is -0.175. The van der Waals surface area contributed by atoms with Crippen molar-refractivity contribution in [3.8, 4) is 22.9 Å². The van der Waals surface area contributed by atoms with E-state index >= 15 is 0 Å². The van der Waals surface area contributed by atoms with Crippen LogP contribution in [0.1, 0.15) is 100 Å². The largest absolute Gasteiger partial charge is 0.510 e. The molecular formula is C57H65N9O16. The number of fused-ring (bicyclic) bond motifs is 6. The van der Waals surface area contributed by atoms with E-state index in [1.165, 1.54) is 31.2 Å². The predicted octanol–water partition coefficient (Wildman–Crippen LogP) is 2.99. The molecule has 6 amide bonds. The number of carbonyl (C=O) groups excluding carboxylic acids is 8. The van der Waals surface area contributed by atoms with Gasteiger partial charge in [0.15, 0.2) is 11.5 Å². The molecule has 0 unspecified atom stereocenters. The number of aromatic nitrogens is 2. The van der Waals surface area contributed by atoms with Crippen LogP contribution in [0.25, 0.3) is 22.3 Å². The van der Waals surface area contributed by atoms with Gasteiger partial charge in [-0.25, -0.2) is 14.6 Å². The number of amides is 6. The highest BCUT2D eigenvalue weighted by molar-refractivity contribution is 6.13. The number of esters is 1. The number of ether oxygens (including phenoxy) is 5. The predicted molar refractivity (Wildman–Crippen MR) is 290 cm³/mol. The van der Waals surface area contributed by atoms with E-state index in [2.05, 4.69) is 38.5 Å². The number of carboxylic acids is 1. The molecule has 4 atom stereocenters. The standard InChI is InChI=1S/C57H65N9O16/c1-6-57(39-23-43-50-37(26-66(43)54(75)38(39)28-78-55(57)76)36(25-58-33-15-18-64(5)19-16-33)35-22-44-45(81-29-80-44)24-41(35)62-50)82-56(77)79-27-32-7-9-34(10-8-32)60-52(73)40(11-14-49(70)71)63-51(72)31(4)59-53(74)42(21-30(2)3)61-46(67)17-20-65-47(68)12-13-48(65)69/h7-10,12-13,22-24,30-31,33,40,42,58H,6,11,14-21,25-29H2,1-5H3,(H,59,74)(H,60,73)(H,61,67)(H,63,72)(H,70,71)/t31-,40-,42+,57-/m0/s1. The first kappa shape index (κ1) is 58.0. The SMILES string of the molecule is CC[C@@]1(OC(=O)OCc2ccc(NC(=O)[C@H](CCC(=O)O)NC(=O)[C@H](C)NC(=O)[C@@H](CC(C)C)NC(=O)CCN3C(=O)C=CC3=O)cc2)C(=O)OCc2c1cc1n(c2=O)Cc2c-1nc1cc3c(cc1c2CNC1CCN(C)CC1)OCO3. The fourth-order valence-corrected chi connectivity index (χ4v) is 10.6. The van der Waals surface area contributed by atoms with Gasteiger partial charge in [-0.15, -0.1) is 0 Å². The number of nitrogens with zero attached hydrogens (tertiary/aromatic N) is 4. The van der Waals surface area contributed by atoms with Crippen LogP contribution < -0.4 is 41.6 Å². The zero-order chi connectivity index (χ0) is 58.6. The van der Waals surface area contributed by atoms with Gasteiger partial charge in [0, 0.05) is 72.4 Å². The third-order valence-electron chi connectivity index (χ3n) is 15.2. The van der Waals surface area contributed by atoms with E-state index in [4.69, 9.17) is 28.7 Å². The van der Waals surface area contributed by atoms with Crippen LogP contribution in [0.3, 0.4) is 0 Å². The zero-order valence-corrected chi connectivity index (χ0v) is 46.0. The summed E-state index contributed by atoms with van der Waals surface area (Å²) in [6.07, 6.45) is 1.85. The number of anilines is 1. The van der Waals surface area contributed by atoms with Crippen molar-refractivity contribution >= 4 is 70.1 Å². The summed E-state index contributed by atoms with van der Waals surface area (Å²) in [6, 6.07) is 7.91. The molecule has 25 nitrogen and oxygen atoms in total. The number of hydrogen-bond acceptors (Lipinski definition) is 18. The number of nitrogens with one attached hydrogen (secondary N) is 5. The smallest absolute Gasteiger partial charge is 0.481 e. The fraction of sp³-hybridized carbons (Fsp3) is 0.456. The topological polar surface area (TPSA) is 322 Å². The molecule has 7 heterocycles. The minimum Gasteiger partial charge on any atom is -0.481 e. The van der Waals surface area contributed by atoms with Gasteiger partial charge in [0.05, 0.1) is 29.0 Å². The number of cyclic esters (lactones) is 1. The molecule has 2 aromatic carbocycles. The Morgan fingerprint density at radius 3 is 2.23 bits per heavy atom. The van der Waals surface area contributed by atoms with Crippen molar-refractivity contribution in [2.24, 2.45) is 5.92 Å². The summed E-state index contributed by atoms with van der Waals surface area (Å²) in [6.45, 7) is 8.37. The van der Waals surface area contributed by atoms with Gasteiger partial charge in [0.2, 0.25) is 36.0 Å². The highest BCUT2D eigenvalue weighted by Crippen LogP contribution is 2.44. The zero-order valence-electron chi connectivity index (χ0n) is 46.0. The molecular weight excluding hydrogens is 1070 g/mol. The Morgan fingerprint density at radius 1 is 0.841 bits per heavy atom. The number of carbonyl (C=O) groups is 9. The van der Waals surface area contributed by atoms with Crippen molar-refractivity contribution in [1.82, 2.24) is 40.6 Å². The van der Waals surface area contributed by atoms with Crippen molar-refractivity contribution in [1.29, 1.82) is 0 Å². The first-order valence-electron chi connectivity index (χ1n) is 27.2. The van der Waals surface area contributed by atoms with Crippen LogP contribution in [0.15, 0.2) is 59.4 Å². The quantitative estimate of drug-likeness (QED) is 0.0429. The Morgan fingerprint density at radius 2 is 1.55 bits per heavy atom. The van der Waals surface area contributed by atoms with Crippen LogP contribution in [-0.4, -0.2) is 136 Å². The number of likely N-dealkylation sites (tertiary alicyclic amines) is 1. The molecule has 5 aliphatic heterocycles. The number of hydrogen-bond donors (Lipinski definition) is 6. The number of aliphatic carboxylic acids is 1. The number of imide groups is 1. The number of pyridine rings is 2. The third kappa shape index (κ3) is 12.6. The molecule has 1 saturated heterocycles. The van der Waals surface area contributed by atoms with Crippen LogP contribution in [0, 0.1) is 5.92 Å². The van der Waals surface area contributed by atoms with E-state index in [1.807, 2.05) is 26.0 Å². The molecule has 82 heavy (non-hydrogen) atoms. The van der Waals surface area contributed by atoms with E-state index in [9.17, 15) is 53.1 Å². The van der Waals surface area contributed by atoms with Crippen molar-refractivity contribution in [3.63, 3.8) is 0 Å². The van der Waals surface area contributed by atoms with Gasteiger partial charge in [0.1, 0.15) is 31.3 Å². The average Bonchev–Trinajstić information content (AvgIpc) is 1.98. The van der Waals surface area contributed by atoms with E-state index < -0.39 is 89.2 Å². The van der Waals surface area contributed by atoms with Crippen LogP contribution in [0.5, 0.6) is 11.5 Å². The molecule has 0 bridgehead atoms. The molecule has 5 aliphatic rings. The van der Waals surface area contributed by atoms with Gasteiger partial charge in [-0.3, -0.25) is 43.3 Å². The summed E-state index contributed by atoms with van der Waals surface area (Å²) in [7, 11) is 2.11. The Hall–Kier alpha value is -8.71. The van der Waals surface area contributed by atoms with Crippen LogP contribution in [-0.2, 0) is 84.5 Å². The molecule has 0 spiro atoms. The first-order chi connectivity index (χ1) is 39.2. The Labute approximate surface area is 470 Å². The summed E-state index contributed by atoms with van der Waals surface area (Å²) in [5.41, 5.74) is 1.81. The summed E-state index contributed by atoms with van der Waals surface area (Å²) in [4.78, 5) is 139. The second kappa shape index (κ2) is 24.6. The summed E-state index contributed by atoms with van der Waals surface area (Å²) < 4.78 is 30.0. The number of carboxylic acid groups (broad SMARTS) is 1. The molecule has 9 rings (SSSR count). The summed E-state index contributed by atoms with van der Waals surface area (Å²) in [5, 5.41) is 24.3. The lowest BCUT2D eigenvalue weighted by atomic mass is 9.85. The first-order valence-corrected chi connectivity index (χ1v) is 27.2. The number of benzene rings is 2. The molecule has 0 radical (unpaired) electrons.